The van der Waals surface area contributed by atoms with Gasteiger partial charge >= 0.3 is 6.18 Å². The highest BCUT2D eigenvalue weighted by Gasteiger charge is 2.37. The van der Waals surface area contributed by atoms with E-state index in [-0.39, 0.29) is 38.6 Å². The molecule has 2 aromatic carbocycles. The van der Waals surface area contributed by atoms with Crippen LogP contribution in [0, 0.1) is 11.6 Å². The molecule has 0 saturated heterocycles. The summed E-state index contributed by atoms with van der Waals surface area (Å²) in [6, 6.07) is 3.75. The topological polar surface area (TPSA) is 71.1 Å². The van der Waals surface area contributed by atoms with Crippen LogP contribution in [0.15, 0.2) is 42.6 Å². The van der Waals surface area contributed by atoms with E-state index in [1.807, 2.05) is 0 Å². The maximum Gasteiger partial charge on any atom is 0.416 e. The number of rotatable bonds is 3. The monoisotopic (exact) mass is 501 g/mol. The molecule has 0 saturated carbocycles. The summed E-state index contributed by atoms with van der Waals surface area (Å²) < 4.78 is 66.6. The fourth-order valence-electron chi connectivity index (χ4n) is 3.44. The molecule has 1 aromatic heterocycles. The van der Waals surface area contributed by atoms with Gasteiger partial charge in [-0.1, -0.05) is 23.2 Å². The van der Waals surface area contributed by atoms with Gasteiger partial charge in [0.2, 0.25) is 0 Å². The van der Waals surface area contributed by atoms with Crippen molar-refractivity contribution >= 4 is 40.7 Å². The third kappa shape index (κ3) is 4.36. The number of carbonyl (C=O) groups excluding carboxylic acids is 2. The van der Waals surface area contributed by atoms with Crippen LogP contribution < -0.4 is 10.6 Å². The number of aromatic nitrogens is 1. The molecule has 0 fully saturated rings. The first-order chi connectivity index (χ1) is 15.5. The van der Waals surface area contributed by atoms with Crippen LogP contribution in [0.1, 0.15) is 43.4 Å². The predicted molar refractivity (Wildman–Crippen MR) is 109 cm³/mol. The second-order valence-electron chi connectivity index (χ2n) is 7.00. The molecule has 2 heterocycles. The standard InChI is InChI=1S/C21H10Cl2F5N3O2/c22-13-2-1-10(24)6-12(13)17-15-14(7-29-18(23)16(15)20(33)31-17)30-19(32)8-3-9(21(26,27)28)5-11(25)4-8/h1-7,17H,(H,30,32)(H,31,33). The number of alkyl halides is 3. The summed E-state index contributed by atoms with van der Waals surface area (Å²) in [4.78, 5) is 29.0. The molecule has 5 nitrogen and oxygen atoms in total. The fraction of sp³-hybridized carbons (Fsp3) is 0.0952. The zero-order valence-corrected chi connectivity index (χ0v) is 17.5. The van der Waals surface area contributed by atoms with Crippen molar-refractivity contribution in [3.63, 3.8) is 0 Å². The number of nitrogens with one attached hydrogen (secondary N) is 2. The number of amides is 2. The van der Waals surface area contributed by atoms with E-state index < -0.39 is 46.8 Å². The molecule has 1 aliphatic rings. The number of nitrogens with zero attached hydrogens (tertiary/aromatic N) is 1. The van der Waals surface area contributed by atoms with Gasteiger partial charge in [-0.25, -0.2) is 13.8 Å². The minimum Gasteiger partial charge on any atom is -0.341 e. The molecule has 0 radical (unpaired) electrons. The molecule has 1 atom stereocenters. The van der Waals surface area contributed by atoms with Crippen molar-refractivity contribution in [1.82, 2.24) is 10.3 Å². The first-order valence-electron chi connectivity index (χ1n) is 9.09. The summed E-state index contributed by atoms with van der Waals surface area (Å²) in [5.74, 6) is -3.71. The Kier molecular flexibility index (Phi) is 5.75. The number of carbonyl (C=O) groups is 2. The van der Waals surface area contributed by atoms with E-state index in [2.05, 4.69) is 15.6 Å². The van der Waals surface area contributed by atoms with Gasteiger partial charge in [-0.3, -0.25) is 9.59 Å². The molecule has 2 amide bonds. The molecule has 0 bridgehead atoms. The normalized spacial score (nSPS) is 15.2. The molecule has 33 heavy (non-hydrogen) atoms. The minimum atomic E-state index is -4.88. The molecule has 0 spiro atoms. The lowest BCUT2D eigenvalue weighted by Gasteiger charge is -2.18. The zero-order valence-electron chi connectivity index (χ0n) is 16.0. The molecule has 0 aliphatic carbocycles. The molecular weight excluding hydrogens is 492 g/mol. The summed E-state index contributed by atoms with van der Waals surface area (Å²) >= 11 is 12.2. The molecule has 1 aliphatic heterocycles. The maximum atomic E-state index is 13.9. The summed E-state index contributed by atoms with van der Waals surface area (Å²) in [7, 11) is 0. The Morgan fingerprint density at radius 3 is 2.48 bits per heavy atom. The van der Waals surface area contributed by atoms with Crippen molar-refractivity contribution in [3.8, 4) is 0 Å². The summed E-state index contributed by atoms with van der Waals surface area (Å²) in [6.07, 6.45) is -3.81. The predicted octanol–water partition coefficient (Wildman–Crippen LogP) is 5.77. The Bertz CT molecular complexity index is 1310. The summed E-state index contributed by atoms with van der Waals surface area (Å²) in [5.41, 5.74) is -1.99. The number of benzene rings is 2. The van der Waals surface area contributed by atoms with E-state index in [1.54, 1.807) is 0 Å². The minimum absolute atomic E-state index is 0.0771. The second-order valence-corrected chi connectivity index (χ2v) is 7.77. The van der Waals surface area contributed by atoms with Crippen molar-refractivity contribution in [2.24, 2.45) is 0 Å². The average molecular weight is 502 g/mol. The Balaban J connectivity index is 1.79. The first-order valence-corrected chi connectivity index (χ1v) is 9.84. The average Bonchev–Trinajstić information content (AvgIpc) is 3.09. The van der Waals surface area contributed by atoms with Gasteiger partial charge in [0, 0.05) is 21.7 Å². The Hall–Kier alpha value is -3.24. The first kappa shape index (κ1) is 22.9. The Morgan fingerprint density at radius 2 is 1.79 bits per heavy atom. The van der Waals surface area contributed by atoms with E-state index in [9.17, 15) is 31.5 Å². The number of pyridine rings is 1. The van der Waals surface area contributed by atoms with Crippen LogP contribution >= 0.6 is 23.2 Å². The van der Waals surface area contributed by atoms with Crippen LogP contribution in [0.25, 0.3) is 0 Å². The lowest BCUT2D eigenvalue weighted by atomic mass is 9.97. The van der Waals surface area contributed by atoms with Crippen LogP contribution in [-0.4, -0.2) is 16.8 Å². The van der Waals surface area contributed by atoms with Crippen LogP contribution in [-0.2, 0) is 6.18 Å². The van der Waals surface area contributed by atoms with Crippen molar-refractivity contribution in [1.29, 1.82) is 0 Å². The molecule has 1 unspecified atom stereocenters. The summed E-state index contributed by atoms with van der Waals surface area (Å²) in [5, 5.41) is 4.76. The van der Waals surface area contributed by atoms with E-state index >= 15 is 0 Å². The van der Waals surface area contributed by atoms with Gasteiger partial charge in [0.05, 0.1) is 29.1 Å². The quantitative estimate of drug-likeness (QED) is 0.353. The van der Waals surface area contributed by atoms with Crippen LogP contribution in [0.2, 0.25) is 10.2 Å². The Morgan fingerprint density at radius 1 is 1.06 bits per heavy atom. The number of halogens is 7. The van der Waals surface area contributed by atoms with E-state index in [0.717, 1.165) is 18.3 Å². The van der Waals surface area contributed by atoms with Crippen molar-refractivity contribution in [2.75, 3.05) is 5.32 Å². The van der Waals surface area contributed by atoms with Gasteiger partial charge in [-0.15, -0.1) is 0 Å². The Labute approximate surface area is 192 Å². The van der Waals surface area contributed by atoms with Gasteiger partial charge in [0.25, 0.3) is 11.8 Å². The lowest BCUT2D eigenvalue weighted by Crippen LogP contribution is -2.21. The number of hydrogen-bond acceptors (Lipinski definition) is 3. The van der Waals surface area contributed by atoms with Crippen molar-refractivity contribution in [2.45, 2.75) is 12.2 Å². The molecule has 12 heteroatoms. The molecule has 3 aromatic rings. The van der Waals surface area contributed by atoms with E-state index in [0.29, 0.717) is 12.1 Å². The van der Waals surface area contributed by atoms with E-state index in [1.165, 1.54) is 6.07 Å². The third-order valence-corrected chi connectivity index (χ3v) is 5.50. The molecule has 4 rings (SSSR count). The van der Waals surface area contributed by atoms with Gasteiger partial charge in [0.15, 0.2) is 0 Å². The molecular formula is C21H10Cl2F5N3O2. The van der Waals surface area contributed by atoms with Crippen LogP contribution in [0.5, 0.6) is 0 Å². The zero-order chi connectivity index (χ0) is 24.1. The highest BCUT2D eigenvalue weighted by atomic mass is 35.5. The van der Waals surface area contributed by atoms with E-state index in [4.69, 9.17) is 23.2 Å². The number of fused-ring (bicyclic) bond motifs is 1. The highest BCUT2D eigenvalue weighted by molar-refractivity contribution is 6.34. The lowest BCUT2D eigenvalue weighted by molar-refractivity contribution is -0.137. The van der Waals surface area contributed by atoms with Crippen LogP contribution in [0.3, 0.4) is 0 Å². The smallest absolute Gasteiger partial charge is 0.341 e. The van der Waals surface area contributed by atoms with Crippen LogP contribution in [0.4, 0.5) is 27.6 Å². The number of hydrogen-bond donors (Lipinski definition) is 2. The largest absolute Gasteiger partial charge is 0.416 e. The molecule has 2 N–H and O–H groups in total. The van der Waals surface area contributed by atoms with Crippen molar-refractivity contribution in [3.05, 3.63) is 92.2 Å². The summed E-state index contributed by atoms with van der Waals surface area (Å²) in [6.45, 7) is 0. The van der Waals surface area contributed by atoms with Crippen molar-refractivity contribution < 1.29 is 31.5 Å². The maximum absolute atomic E-state index is 13.9. The molecule has 170 valence electrons. The van der Waals surface area contributed by atoms with Gasteiger partial charge in [-0.2, -0.15) is 13.2 Å². The fourth-order valence-corrected chi connectivity index (χ4v) is 3.90. The SMILES string of the molecule is O=C(Nc1cnc(Cl)c2c1C(c1cc(F)ccc1Cl)NC2=O)c1cc(F)cc(C(F)(F)F)c1. The third-order valence-electron chi connectivity index (χ3n) is 4.87. The number of anilines is 1. The van der Waals surface area contributed by atoms with Gasteiger partial charge in [-0.05, 0) is 36.4 Å². The van der Waals surface area contributed by atoms with Gasteiger partial charge < -0.3 is 10.6 Å². The van der Waals surface area contributed by atoms with Gasteiger partial charge in [0.1, 0.15) is 16.8 Å². The second kappa shape index (κ2) is 8.27. The highest BCUT2D eigenvalue weighted by Crippen LogP contribution is 2.41.